The Morgan fingerprint density at radius 3 is 2.00 bits per heavy atom. The Morgan fingerprint density at radius 1 is 0.862 bits per heavy atom. The quantitative estimate of drug-likeness (QED) is 0.287. The van der Waals surface area contributed by atoms with Crippen molar-refractivity contribution < 1.29 is 44.0 Å². The van der Waals surface area contributed by atoms with E-state index in [2.05, 4.69) is 0 Å². The molecule has 0 atom stereocenters. The summed E-state index contributed by atoms with van der Waals surface area (Å²) in [5, 5.41) is 29.8. The van der Waals surface area contributed by atoms with E-state index >= 15 is 0 Å². The lowest BCUT2D eigenvalue weighted by molar-refractivity contribution is -0.132. The SMILES string of the molecule is CC(=O)Oc1c(O)c(O)c(C(C)=O)c(C(=O)OCc2cccc(O)c2)c1C(C)=O. The monoisotopic (exact) mass is 402 g/mol. The molecule has 29 heavy (non-hydrogen) atoms. The molecule has 0 heterocycles. The van der Waals surface area contributed by atoms with Gasteiger partial charge in [0.15, 0.2) is 23.1 Å². The van der Waals surface area contributed by atoms with E-state index in [4.69, 9.17) is 9.47 Å². The molecule has 0 amide bonds. The minimum absolute atomic E-state index is 0.0631. The first-order chi connectivity index (χ1) is 13.5. The van der Waals surface area contributed by atoms with Crippen LogP contribution in [0.4, 0.5) is 0 Å². The zero-order valence-corrected chi connectivity index (χ0v) is 15.8. The molecule has 2 aromatic carbocycles. The zero-order valence-electron chi connectivity index (χ0n) is 15.8. The number of hydrogen-bond donors (Lipinski definition) is 3. The fourth-order valence-corrected chi connectivity index (χ4v) is 2.69. The molecule has 0 saturated carbocycles. The number of esters is 2. The molecule has 9 heteroatoms. The molecule has 0 fully saturated rings. The predicted octanol–water partition coefficient (Wildman–Crippen LogP) is 2.49. The molecule has 0 bridgehead atoms. The van der Waals surface area contributed by atoms with Crippen molar-refractivity contribution >= 4 is 23.5 Å². The average molecular weight is 402 g/mol. The number of ether oxygens (including phenoxy) is 2. The predicted molar refractivity (Wildman–Crippen MR) is 98.3 cm³/mol. The van der Waals surface area contributed by atoms with Gasteiger partial charge in [-0.25, -0.2) is 4.79 Å². The van der Waals surface area contributed by atoms with Gasteiger partial charge in [-0.15, -0.1) is 0 Å². The topological polar surface area (TPSA) is 147 Å². The van der Waals surface area contributed by atoms with Gasteiger partial charge in [0.05, 0.1) is 16.7 Å². The normalized spacial score (nSPS) is 10.3. The van der Waals surface area contributed by atoms with Gasteiger partial charge < -0.3 is 24.8 Å². The number of phenols is 3. The average Bonchev–Trinajstić information content (AvgIpc) is 2.62. The Hall–Kier alpha value is -3.88. The summed E-state index contributed by atoms with van der Waals surface area (Å²) in [5.74, 6) is -6.63. The van der Waals surface area contributed by atoms with Gasteiger partial charge in [0.2, 0.25) is 5.75 Å². The first-order valence-corrected chi connectivity index (χ1v) is 8.31. The number of benzene rings is 2. The number of phenolic OH excluding ortho intramolecular Hbond substituents is 3. The van der Waals surface area contributed by atoms with E-state index in [-0.39, 0.29) is 12.4 Å². The van der Waals surface area contributed by atoms with Crippen LogP contribution in [0.5, 0.6) is 23.0 Å². The summed E-state index contributed by atoms with van der Waals surface area (Å²) in [6.45, 7) is 2.69. The summed E-state index contributed by atoms with van der Waals surface area (Å²) in [6, 6.07) is 5.83. The van der Waals surface area contributed by atoms with E-state index in [9.17, 15) is 34.5 Å². The molecule has 0 unspecified atom stereocenters. The van der Waals surface area contributed by atoms with Crippen molar-refractivity contribution in [3.05, 3.63) is 46.5 Å². The molecular formula is C20H18O9. The minimum Gasteiger partial charge on any atom is -0.508 e. The highest BCUT2D eigenvalue weighted by atomic mass is 16.5. The number of rotatable bonds is 6. The number of hydrogen-bond acceptors (Lipinski definition) is 9. The van der Waals surface area contributed by atoms with Crippen molar-refractivity contribution in [3.63, 3.8) is 0 Å². The summed E-state index contributed by atoms with van der Waals surface area (Å²) in [6.07, 6.45) is 0. The molecule has 2 aromatic rings. The van der Waals surface area contributed by atoms with E-state index in [0.717, 1.165) is 20.8 Å². The first-order valence-electron chi connectivity index (χ1n) is 8.31. The highest BCUT2D eigenvalue weighted by molar-refractivity contribution is 6.16. The Labute approximate surface area is 165 Å². The zero-order chi connectivity index (χ0) is 21.9. The van der Waals surface area contributed by atoms with E-state index in [1.165, 1.54) is 18.2 Å². The molecule has 152 valence electrons. The molecule has 0 aliphatic carbocycles. The third kappa shape index (κ3) is 4.52. The van der Waals surface area contributed by atoms with Crippen molar-refractivity contribution in [2.75, 3.05) is 0 Å². The van der Waals surface area contributed by atoms with Crippen LogP contribution < -0.4 is 4.74 Å². The first kappa shape index (κ1) is 21.4. The van der Waals surface area contributed by atoms with Gasteiger partial charge in [-0.2, -0.15) is 0 Å². The Balaban J connectivity index is 2.64. The summed E-state index contributed by atoms with van der Waals surface area (Å²) >= 11 is 0. The molecule has 0 aliphatic rings. The number of Topliss-reactive ketones (excluding diaryl/α,β-unsaturated/α-hetero) is 2. The Morgan fingerprint density at radius 2 is 1.48 bits per heavy atom. The van der Waals surface area contributed by atoms with E-state index < -0.39 is 57.4 Å². The van der Waals surface area contributed by atoms with Gasteiger partial charge in [-0.05, 0) is 31.5 Å². The lowest BCUT2D eigenvalue weighted by atomic mass is 9.93. The molecule has 0 radical (unpaired) electrons. The van der Waals surface area contributed by atoms with Crippen LogP contribution in [-0.2, 0) is 16.1 Å². The van der Waals surface area contributed by atoms with Gasteiger partial charge in [0, 0.05) is 6.92 Å². The van der Waals surface area contributed by atoms with Crippen LogP contribution in [0.25, 0.3) is 0 Å². The second kappa shape index (κ2) is 8.42. The highest BCUT2D eigenvalue weighted by Crippen LogP contribution is 2.45. The summed E-state index contributed by atoms with van der Waals surface area (Å²) < 4.78 is 9.92. The molecule has 0 spiro atoms. The highest BCUT2D eigenvalue weighted by Gasteiger charge is 2.34. The summed E-state index contributed by atoms with van der Waals surface area (Å²) in [7, 11) is 0. The second-order valence-corrected chi connectivity index (χ2v) is 6.10. The summed E-state index contributed by atoms with van der Waals surface area (Å²) in [5.41, 5.74) is -1.46. The van der Waals surface area contributed by atoms with Gasteiger partial charge >= 0.3 is 11.9 Å². The largest absolute Gasteiger partial charge is 0.508 e. The minimum atomic E-state index is -1.17. The molecular weight excluding hydrogens is 384 g/mol. The van der Waals surface area contributed by atoms with Crippen molar-refractivity contribution in [1.29, 1.82) is 0 Å². The van der Waals surface area contributed by atoms with Crippen LogP contribution in [0.3, 0.4) is 0 Å². The maximum atomic E-state index is 12.7. The standard InChI is InChI=1S/C20H18O9/c1-9(21)14-16(20(27)28-8-12-5-4-6-13(24)7-12)15(10(2)22)19(29-11(3)23)18(26)17(14)25/h4-7,24-26H,8H2,1-3H3. The van der Waals surface area contributed by atoms with E-state index in [1.54, 1.807) is 6.07 Å². The van der Waals surface area contributed by atoms with Crippen molar-refractivity contribution in [2.24, 2.45) is 0 Å². The number of ketones is 2. The lowest BCUT2D eigenvalue weighted by Crippen LogP contribution is -2.18. The van der Waals surface area contributed by atoms with Crippen LogP contribution in [0.2, 0.25) is 0 Å². The van der Waals surface area contributed by atoms with Crippen LogP contribution in [0, 0.1) is 0 Å². The van der Waals surface area contributed by atoms with Gasteiger partial charge in [-0.1, -0.05) is 12.1 Å². The van der Waals surface area contributed by atoms with Crippen LogP contribution in [0.15, 0.2) is 24.3 Å². The number of aromatic hydroxyl groups is 3. The number of carbonyl (C=O) groups excluding carboxylic acids is 4. The smallest absolute Gasteiger partial charge is 0.340 e. The molecule has 2 rings (SSSR count). The molecule has 0 aliphatic heterocycles. The van der Waals surface area contributed by atoms with Crippen molar-refractivity contribution in [3.8, 4) is 23.0 Å². The summed E-state index contributed by atoms with van der Waals surface area (Å²) in [4.78, 5) is 48.3. The van der Waals surface area contributed by atoms with Crippen LogP contribution >= 0.6 is 0 Å². The molecule has 3 N–H and O–H groups in total. The van der Waals surface area contributed by atoms with Crippen molar-refractivity contribution in [2.45, 2.75) is 27.4 Å². The molecule has 9 nitrogen and oxygen atoms in total. The van der Waals surface area contributed by atoms with E-state index in [1.807, 2.05) is 0 Å². The fraction of sp³-hybridized carbons (Fsp3) is 0.200. The van der Waals surface area contributed by atoms with Crippen LogP contribution in [0.1, 0.15) is 57.4 Å². The number of carbonyl (C=O) groups is 4. The van der Waals surface area contributed by atoms with Crippen LogP contribution in [-0.4, -0.2) is 38.8 Å². The second-order valence-electron chi connectivity index (χ2n) is 6.10. The molecule has 0 aromatic heterocycles. The molecule has 0 saturated heterocycles. The lowest BCUT2D eigenvalue weighted by Gasteiger charge is -2.18. The van der Waals surface area contributed by atoms with Gasteiger partial charge in [-0.3, -0.25) is 14.4 Å². The third-order valence-corrected chi connectivity index (χ3v) is 3.84. The van der Waals surface area contributed by atoms with Gasteiger partial charge in [0.1, 0.15) is 12.4 Å². The fourth-order valence-electron chi connectivity index (χ4n) is 2.69. The Kier molecular flexibility index (Phi) is 6.22. The maximum absolute atomic E-state index is 12.7. The van der Waals surface area contributed by atoms with Gasteiger partial charge in [0.25, 0.3) is 0 Å². The Bertz CT molecular complexity index is 1020. The van der Waals surface area contributed by atoms with Crippen molar-refractivity contribution in [1.82, 2.24) is 0 Å². The third-order valence-electron chi connectivity index (χ3n) is 3.84. The maximum Gasteiger partial charge on any atom is 0.340 e. The van der Waals surface area contributed by atoms with E-state index in [0.29, 0.717) is 5.56 Å².